The van der Waals surface area contributed by atoms with Gasteiger partial charge in [-0.1, -0.05) is 20.3 Å². The van der Waals surface area contributed by atoms with E-state index in [0.717, 1.165) is 38.8 Å². The van der Waals surface area contributed by atoms with E-state index in [1.165, 1.54) is 0 Å². The molecule has 0 saturated carbocycles. The fourth-order valence-corrected chi connectivity index (χ4v) is 1.71. The van der Waals surface area contributed by atoms with Crippen LogP contribution in [0.3, 0.4) is 0 Å². The first-order chi connectivity index (χ1) is 8.11. The van der Waals surface area contributed by atoms with Crippen molar-refractivity contribution in [3.05, 3.63) is 0 Å². The first kappa shape index (κ1) is 15.9. The van der Waals surface area contributed by atoms with E-state index in [0.29, 0.717) is 19.3 Å². The summed E-state index contributed by atoms with van der Waals surface area (Å²) in [4.78, 5) is 24.2. The van der Waals surface area contributed by atoms with Crippen molar-refractivity contribution in [2.24, 2.45) is 0 Å². The van der Waals surface area contributed by atoms with Crippen molar-refractivity contribution >= 4 is 11.8 Å². The molecule has 0 aliphatic rings. The van der Waals surface area contributed by atoms with Gasteiger partial charge in [0.25, 0.3) is 0 Å². The molecule has 0 unspecified atom stereocenters. The van der Waals surface area contributed by atoms with Gasteiger partial charge in [0.2, 0.25) is 11.8 Å². The molecule has 4 heteroatoms. The van der Waals surface area contributed by atoms with Crippen LogP contribution in [0, 0.1) is 0 Å². The number of hydrogen-bond acceptors (Lipinski definition) is 2. The van der Waals surface area contributed by atoms with Crippen LogP contribution in [0.25, 0.3) is 0 Å². The highest BCUT2D eigenvalue weighted by atomic mass is 16.2. The van der Waals surface area contributed by atoms with E-state index in [-0.39, 0.29) is 5.91 Å². The number of unbranched alkanes of at least 4 members (excludes halogenated alkanes) is 2. The average Bonchev–Trinajstić information content (AvgIpc) is 2.29. The molecule has 0 aromatic rings. The molecule has 0 spiro atoms. The Balaban J connectivity index is 3.88. The van der Waals surface area contributed by atoms with Crippen LogP contribution in [0.1, 0.15) is 58.8 Å². The number of nitrogens with one attached hydrogen (secondary N) is 1. The first-order valence-corrected chi connectivity index (χ1v) is 6.64. The Morgan fingerprint density at radius 2 is 1.65 bits per heavy atom. The van der Waals surface area contributed by atoms with Gasteiger partial charge in [0.05, 0.1) is 0 Å². The SMILES string of the molecule is CCCCC(=O)N(CCC)CCCCC([NH])=O. The maximum Gasteiger partial charge on any atom is 0.238 e. The lowest BCUT2D eigenvalue weighted by atomic mass is 10.2. The second-order valence-electron chi connectivity index (χ2n) is 4.36. The number of carbonyl (C=O) groups is 2. The highest BCUT2D eigenvalue weighted by Gasteiger charge is 2.11. The summed E-state index contributed by atoms with van der Waals surface area (Å²) in [5.74, 6) is -0.282. The third kappa shape index (κ3) is 8.72. The van der Waals surface area contributed by atoms with E-state index >= 15 is 0 Å². The normalized spacial score (nSPS) is 10.2. The quantitative estimate of drug-likeness (QED) is 0.551. The Bertz CT molecular complexity index is 229. The standard InChI is InChI=1S/C13H25N2O2/c1-3-5-9-13(17)15(10-4-2)11-7-6-8-12(14)16/h14H,3-11H2,1-2H3. The molecule has 0 bridgehead atoms. The van der Waals surface area contributed by atoms with Gasteiger partial charge in [0.1, 0.15) is 0 Å². The van der Waals surface area contributed by atoms with Crippen LogP contribution in [-0.4, -0.2) is 29.8 Å². The molecule has 0 aliphatic heterocycles. The predicted octanol–water partition coefficient (Wildman–Crippen LogP) is 2.40. The van der Waals surface area contributed by atoms with E-state index in [1.54, 1.807) is 0 Å². The summed E-state index contributed by atoms with van der Waals surface area (Å²) in [6, 6.07) is 0. The molecule has 0 rings (SSSR count). The van der Waals surface area contributed by atoms with E-state index in [2.05, 4.69) is 13.8 Å². The minimum absolute atomic E-state index is 0.228. The summed E-state index contributed by atoms with van der Waals surface area (Å²) in [7, 11) is 0. The largest absolute Gasteiger partial charge is 0.343 e. The fourth-order valence-electron chi connectivity index (χ4n) is 1.71. The minimum atomic E-state index is -0.510. The molecular weight excluding hydrogens is 216 g/mol. The smallest absolute Gasteiger partial charge is 0.238 e. The first-order valence-electron chi connectivity index (χ1n) is 6.64. The molecule has 99 valence electrons. The van der Waals surface area contributed by atoms with E-state index in [1.807, 2.05) is 4.90 Å². The van der Waals surface area contributed by atoms with Gasteiger partial charge >= 0.3 is 0 Å². The van der Waals surface area contributed by atoms with Crippen molar-refractivity contribution in [2.75, 3.05) is 13.1 Å². The molecule has 2 amide bonds. The molecule has 0 fully saturated rings. The van der Waals surface area contributed by atoms with Gasteiger partial charge in [0.15, 0.2) is 0 Å². The third-order valence-electron chi connectivity index (χ3n) is 2.67. The molecule has 4 nitrogen and oxygen atoms in total. The van der Waals surface area contributed by atoms with Gasteiger partial charge < -0.3 is 4.90 Å². The number of amides is 2. The van der Waals surface area contributed by atoms with Gasteiger partial charge in [-0.25, -0.2) is 0 Å². The maximum absolute atomic E-state index is 11.8. The molecule has 0 heterocycles. The Hall–Kier alpha value is -1.06. The highest BCUT2D eigenvalue weighted by molar-refractivity contribution is 5.76. The molecule has 1 radical (unpaired) electrons. The number of hydrogen-bond donors (Lipinski definition) is 0. The van der Waals surface area contributed by atoms with Crippen molar-refractivity contribution in [2.45, 2.75) is 58.8 Å². The molecule has 17 heavy (non-hydrogen) atoms. The Labute approximate surface area is 105 Å². The summed E-state index contributed by atoms with van der Waals surface area (Å²) in [5, 5.41) is 0. The topological polar surface area (TPSA) is 61.2 Å². The van der Waals surface area contributed by atoms with Crippen LogP contribution in [0.5, 0.6) is 0 Å². The van der Waals surface area contributed by atoms with Crippen LogP contribution in [-0.2, 0) is 9.59 Å². The van der Waals surface area contributed by atoms with Crippen LogP contribution in [0.4, 0.5) is 0 Å². The number of rotatable bonds is 10. The van der Waals surface area contributed by atoms with E-state index < -0.39 is 5.91 Å². The second-order valence-corrected chi connectivity index (χ2v) is 4.36. The summed E-state index contributed by atoms with van der Waals surface area (Å²) in [6.45, 7) is 5.67. The Morgan fingerprint density at radius 1 is 0.941 bits per heavy atom. The number of carbonyl (C=O) groups excluding carboxylic acids is 2. The summed E-state index contributed by atoms with van der Waals surface area (Å²) in [6.07, 6.45) is 5.43. The summed E-state index contributed by atoms with van der Waals surface area (Å²) in [5.41, 5.74) is 6.80. The van der Waals surface area contributed by atoms with Gasteiger partial charge in [-0.15, -0.1) is 0 Å². The highest BCUT2D eigenvalue weighted by Crippen LogP contribution is 2.05. The van der Waals surface area contributed by atoms with E-state index in [9.17, 15) is 9.59 Å². The lowest BCUT2D eigenvalue weighted by Crippen LogP contribution is -2.32. The van der Waals surface area contributed by atoms with Crippen molar-refractivity contribution in [3.8, 4) is 0 Å². The zero-order valence-corrected chi connectivity index (χ0v) is 11.1. The summed E-state index contributed by atoms with van der Waals surface area (Å²) < 4.78 is 0. The predicted molar refractivity (Wildman–Crippen MR) is 68.4 cm³/mol. The van der Waals surface area contributed by atoms with Gasteiger partial charge in [-0.3, -0.25) is 15.3 Å². The van der Waals surface area contributed by atoms with Crippen molar-refractivity contribution < 1.29 is 9.59 Å². The van der Waals surface area contributed by atoms with Crippen molar-refractivity contribution in [1.82, 2.24) is 10.6 Å². The Morgan fingerprint density at radius 3 is 2.18 bits per heavy atom. The molecule has 0 aliphatic carbocycles. The van der Waals surface area contributed by atoms with Crippen LogP contribution in [0.2, 0.25) is 0 Å². The molecule has 0 aromatic heterocycles. The van der Waals surface area contributed by atoms with Crippen LogP contribution >= 0.6 is 0 Å². The molecule has 0 aromatic carbocycles. The lowest BCUT2D eigenvalue weighted by Gasteiger charge is -2.22. The van der Waals surface area contributed by atoms with Gasteiger partial charge in [-0.05, 0) is 25.7 Å². The molecule has 1 N–H and O–H groups in total. The molecule has 0 atom stereocenters. The maximum atomic E-state index is 11.8. The second kappa shape index (κ2) is 10.1. The minimum Gasteiger partial charge on any atom is -0.343 e. The Kier molecular flexibility index (Phi) is 9.49. The monoisotopic (exact) mass is 241 g/mol. The van der Waals surface area contributed by atoms with Crippen molar-refractivity contribution in [1.29, 1.82) is 0 Å². The summed E-state index contributed by atoms with van der Waals surface area (Å²) >= 11 is 0. The number of nitrogens with zero attached hydrogens (tertiary/aromatic N) is 1. The van der Waals surface area contributed by atoms with Crippen LogP contribution in [0.15, 0.2) is 0 Å². The molecular formula is C13H25N2O2. The lowest BCUT2D eigenvalue weighted by molar-refractivity contribution is -0.131. The van der Waals surface area contributed by atoms with E-state index in [4.69, 9.17) is 5.73 Å². The van der Waals surface area contributed by atoms with Crippen molar-refractivity contribution in [3.63, 3.8) is 0 Å². The zero-order valence-electron chi connectivity index (χ0n) is 11.1. The molecule has 0 saturated heterocycles. The average molecular weight is 241 g/mol. The zero-order chi connectivity index (χ0) is 13.1. The van der Waals surface area contributed by atoms with Crippen LogP contribution < -0.4 is 5.73 Å². The fraction of sp³-hybridized carbons (Fsp3) is 0.846. The van der Waals surface area contributed by atoms with Gasteiger partial charge in [0, 0.05) is 25.9 Å². The third-order valence-corrected chi connectivity index (χ3v) is 2.67. The van der Waals surface area contributed by atoms with Gasteiger partial charge in [-0.2, -0.15) is 0 Å².